The van der Waals surface area contributed by atoms with E-state index >= 15 is 0 Å². The molecule has 0 N–H and O–H groups in total. The number of anilines is 1. The lowest BCUT2D eigenvalue weighted by atomic mass is 10.0. The van der Waals surface area contributed by atoms with Crippen molar-refractivity contribution in [1.82, 2.24) is 4.90 Å². The van der Waals surface area contributed by atoms with E-state index in [1.807, 2.05) is 0 Å². The molecule has 0 radical (unpaired) electrons. The van der Waals surface area contributed by atoms with Gasteiger partial charge in [-0.25, -0.2) is 0 Å². The largest absolute Gasteiger partial charge is 0.369 e. The van der Waals surface area contributed by atoms with Gasteiger partial charge in [0.1, 0.15) is 0 Å². The summed E-state index contributed by atoms with van der Waals surface area (Å²) in [5.74, 6) is 0. The normalized spacial score (nSPS) is 15.9. The van der Waals surface area contributed by atoms with Gasteiger partial charge in [-0.1, -0.05) is 35.9 Å². The molecule has 1 aliphatic rings. The highest BCUT2D eigenvalue weighted by Gasteiger charge is 2.19. The lowest BCUT2D eigenvalue weighted by Crippen LogP contribution is -2.46. The molecule has 2 heteroatoms. The van der Waals surface area contributed by atoms with E-state index in [1.54, 1.807) is 0 Å². The van der Waals surface area contributed by atoms with Gasteiger partial charge >= 0.3 is 0 Å². The fraction of sp³-hybridized carbons (Fsp3) is 0.429. The second-order valence-corrected chi connectivity index (χ2v) is 6.98. The molecule has 1 saturated heterocycles. The molecule has 2 nitrogen and oxygen atoms in total. The molecule has 0 amide bonds. The first-order valence-electron chi connectivity index (χ1n) is 8.63. The van der Waals surface area contributed by atoms with Crippen LogP contribution in [0.15, 0.2) is 36.4 Å². The van der Waals surface area contributed by atoms with Crippen LogP contribution in [0.3, 0.4) is 0 Å². The minimum atomic E-state index is 1.08. The molecule has 122 valence electrons. The van der Waals surface area contributed by atoms with E-state index in [2.05, 4.69) is 73.9 Å². The van der Waals surface area contributed by atoms with Crippen LogP contribution in [0.4, 0.5) is 5.69 Å². The van der Waals surface area contributed by atoms with Crippen LogP contribution in [0.2, 0.25) is 0 Å². The Morgan fingerprint density at radius 1 is 0.739 bits per heavy atom. The van der Waals surface area contributed by atoms with Gasteiger partial charge in [0, 0.05) is 38.4 Å². The maximum atomic E-state index is 2.59. The van der Waals surface area contributed by atoms with E-state index in [4.69, 9.17) is 0 Å². The number of piperazine rings is 1. The molecule has 0 spiro atoms. The van der Waals surface area contributed by atoms with E-state index in [0.717, 1.165) is 32.7 Å². The summed E-state index contributed by atoms with van der Waals surface area (Å²) in [6, 6.07) is 13.6. The molecule has 0 atom stereocenters. The molecule has 1 fully saturated rings. The zero-order valence-electron chi connectivity index (χ0n) is 14.9. The van der Waals surface area contributed by atoms with Crippen molar-refractivity contribution in [2.24, 2.45) is 0 Å². The van der Waals surface area contributed by atoms with Gasteiger partial charge in [-0.3, -0.25) is 4.90 Å². The maximum absolute atomic E-state index is 2.59. The van der Waals surface area contributed by atoms with Crippen molar-refractivity contribution in [2.45, 2.75) is 34.2 Å². The number of hydrogen-bond donors (Lipinski definition) is 0. The summed E-state index contributed by atoms with van der Waals surface area (Å²) in [6.07, 6.45) is 0. The number of benzene rings is 2. The van der Waals surface area contributed by atoms with Crippen LogP contribution in [-0.2, 0) is 6.54 Å². The Kier molecular flexibility index (Phi) is 4.72. The molecule has 0 aliphatic carbocycles. The molecule has 0 aromatic heterocycles. The van der Waals surface area contributed by atoms with Gasteiger partial charge in [-0.2, -0.15) is 0 Å². The molecule has 0 unspecified atom stereocenters. The molecule has 2 aromatic rings. The van der Waals surface area contributed by atoms with Crippen molar-refractivity contribution in [1.29, 1.82) is 0 Å². The lowest BCUT2D eigenvalue weighted by Gasteiger charge is -2.37. The lowest BCUT2D eigenvalue weighted by molar-refractivity contribution is 0.249. The van der Waals surface area contributed by atoms with Crippen molar-refractivity contribution in [3.63, 3.8) is 0 Å². The Labute approximate surface area is 140 Å². The van der Waals surface area contributed by atoms with Crippen molar-refractivity contribution < 1.29 is 0 Å². The van der Waals surface area contributed by atoms with Crippen molar-refractivity contribution >= 4 is 5.69 Å². The summed E-state index contributed by atoms with van der Waals surface area (Å²) < 4.78 is 0. The SMILES string of the molecule is Cc1ccc(C)c(CN2CCN(c3cc(C)ccc3C)CC2)c1. The van der Waals surface area contributed by atoms with Crippen LogP contribution >= 0.6 is 0 Å². The maximum Gasteiger partial charge on any atom is 0.0399 e. The second-order valence-electron chi connectivity index (χ2n) is 6.98. The van der Waals surface area contributed by atoms with Crippen LogP contribution in [0.1, 0.15) is 27.8 Å². The van der Waals surface area contributed by atoms with Gasteiger partial charge in [0.25, 0.3) is 0 Å². The predicted molar refractivity (Wildman–Crippen MR) is 99.3 cm³/mol. The topological polar surface area (TPSA) is 6.48 Å². The van der Waals surface area contributed by atoms with Crippen LogP contribution in [0.5, 0.6) is 0 Å². The van der Waals surface area contributed by atoms with Crippen molar-refractivity contribution in [3.05, 3.63) is 64.2 Å². The third-order valence-electron chi connectivity index (χ3n) is 4.98. The monoisotopic (exact) mass is 308 g/mol. The Bertz CT molecular complexity index is 682. The highest BCUT2D eigenvalue weighted by molar-refractivity contribution is 5.55. The highest BCUT2D eigenvalue weighted by atomic mass is 15.3. The predicted octanol–water partition coefficient (Wildman–Crippen LogP) is 4.24. The van der Waals surface area contributed by atoms with Gasteiger partial charge in [0.2, 0.25) is 0 Å². The van der Waals surface area contributed by atoms with Gasteiger partial charge in [0.05, 0.1) is 0 Å². The Morgan fingerprint density at radius 2 is 1.35 bits per heavy atom. The number of aryl methyl sites for hydroxylation is 4. The molecule has 0 bridgehead atoms. The van der Waals surface area contributed by atoms with E-state index in [1.165, 1.54) is 33.5 Å². The average Bonchev–Trinajstić information content (AvgIpc) is 2.54. The summed E-state index contributed by atoms with van der Waals surface area (Å²) in [7, 11) is 0. The number of hydrogen-bond acceptors (Lipinski definition) is 2. The fourth-order valence-corrected chi connectivity index (χ4v) is 3.42. The summed E-state index contributed by atoms with van der Waals surface area (Å²) >= 11 is 0. The van der Waals surface area contributed by atoms with Crippen LogP contribution < -0.4 is 4.90 Å². The Hall–Kier alpha value is -1.80. The number of rotatable bonds is 3. The van der Waals surface area contributed by atoms with Crippen LogP contribution in [0, 0.1) is 27.7 Å². The molecular formula is C21H28N2. The third-order valence-corrected chi connectivity index (χ3v) is 4.98. The first-order valence-corrected chi connectivity index (χ1v) is 8.63. The van der Waals surface area contributed by atoms with Crippen LogP contribution in [-0.4, -0.2) is 31.1 Å². The van der Waals surface area contributed by atoms with Crippen molar-refractivity contribution in [2.75, 3.05) is 31.1 Å². The van der Waals surface area contributed by atoms with Crippen LogP contribution in [0.25, 0.3) is 0 Å². The zero-order valence-corrected chi connectivity index (χ0v) is 14.9. The quantitative estimate of drug-likeness (QED) is 0.836. The van der Waals surface area contributed by atoms with Gasteiger partial charge in [0.15, 0.2) is 0 Å². The smallest absolute Gasteiger partial charge is 0.0399 e. The number of nitrogens with zero attached hydrogens (tertiary/aromatic N) is 2. The molecule has 23 heavy (non-hydrogen) atoms. The van der Waals surface area contributed by atoms with Crippen molar-refractivity contribution in [3.8, 4) is 0 Å². The van der Waals surface area contributed by atoms with E-state index in [9.17, 15) is 0 Å². The second kappa shape index (κ2) is 6.76. The van der Waals surface area contributed by atoms with Gasteiger partial charge < -0.3 is 4.90 Å². The molecule has 2 aromatic carbocycles. The first-order chi connectivity index (χ1) is 11.0. The van der Waals surface area contributed by atoms with E-state index < -0.39 is 0 Å². The Morgan fingerprint density at radius 3 is 2.04 bits per heavy atom. The zero-order chi connectivity index (χ0) is 16.4. The first kappa shape index (κ1) is 16.1. The fourth-order valence-electron chi connectivity index (χ4n) is 3.42. The Balaban J connectivity index is 1.64. The average molecular weight is 308 g/mol. The standard InChI is InChI=1S/C21H28N2/c1-16-5-7-18(3)20(13-16)15-22-9-11-23(12-10-22)21-14-17(2)6-8-19(21)4/h5-8,13-14H,9-12,15H2,1-4H3. The van der Waals surface area contributed by atoms with Gasteiger partial charge in [-0.15, -0.1) is 0 Å². The van der Waals surface area contributed by atoms with E-state index in [-0.39, 0.29) is 0 Å². The molecule has 0 saturated carbocycles. The summed E-state index contributed by atoms with van der Waals surface area (Å²) in [5.41, 5.74) is 8.40. The molecule has 1 heterocycles. The summed E-state index contributed by atoms with van der Waals surface area (Å²) in [6.45, 7) is 14.4. The molecular weight excluding hydrogens is 280 g/mol. The highest BCUT2D eigenvalue weighted by Crippen LogP contribution is 2.23. The van der Waals surface area contributed by atoms with E-state index in [0.29, 0.717) is 0 Å². The minimum absolute atomic E-state index is 1.08. The third kappa shape index (κ3) is 3.76. The van der Waals surface area contributed by atoms with Gasteiger partial charge in [-0.05, 0) is 56.0 Å². The summed E-state index contributed by atoms with van der Waals surface area (Å²) in [4.78, 5) is 5.13. The molecule has 1 aliphatic heterocycles. The molecule has 3 rings (SSSR count). The summed E-state index contributed by atoms with van der Waals surface area (Å²) in [5, 5.41) is 0. The minimum Gasteiger partial charge on any atom is -0.369 e.